The van der Waals surface area contributed by atoms with Gasteiger partial charge in [-0.25, -0.2) is 4.79 Å². The van der Waals surface area contributed by atoms with Gasteiger partial charge in [-0.05, 0) is 19.4 Å². The molecule has 0 spiro atoms. The summed E-state index contributed by atoms with van der Waals surface area (Å²) in [6.07, 6.45) is 1.29. The molecule has 0 amide bonds. The van der Waals surface area contributed by atoms with E-state index in [9.17, 15) is 4.79 Å². The van der Waals surface area contributed by atoms with Crippen molar-refractivity contribution in [3.05, 3.63) is 41.5 Å². The number of aryl methyl sites for hydroxylation is 1. The van der Waals surface area contributed by atoms with Gasteiger partial charge in [0.05, 0.1) is 11.6 Å². The maximum atomic E-state index is 11.1. The lowest BCUT2D eigenvalue weighted by atomic mass is 10.1. The van der Waals surface area contributed by atoms with E-state index < -0.39 is 5.97 Å². The van der Waals surface area contributed by atoms with Crippen molar-refractivity contribution in [2.24, 2.45) is 0 Å². The number of hydrogen-bond acceptors (Lipinski definition) is 2. The topological polar surface area (TPSA) is 26.3 Å². The molecule has 3 heteroatoms. The van der Waals surface area contributed by atoms with Crippen LogP contribution in [0.2, 0.25) is 0 Å². The standard InChI is InChI=1S/C12H13ClO2/c1-3-15-12(14)8-11(13)10-6-4-9(2)5-7-10/h4-8H,3H2,1-2H3/b11-8+. The third kappa shape index (κ3) is 3.76. The second-order valence-corrected chi connectivity index (χ2v) is 3.52. The molecule has 0 aromatic heterocycles. The number of ether oxygens (including phenoxy) is 1. The fraction of sp³-hybridized carbons (Fsp3) is 0.250. The zero-order valence-corrected chi connectivity index (χ0v) is 9.54. The minimum atomic E-state index is -0.414. The highest BCUT2D eigenvalue weighted by atomic mass is 35.5. The molecule has 1 aromatic carbocycles. The molecule has 0 bridgehead atoms. The summed E-state index contributed by atoms with van der Waals surface area (Å²) < 4.78 is 4.76. The van der Waals surface area contributed by atoms with Crippen LogP contribution in [0.1, 0.15) is 18.1 Å². The molecule has 0 unspecified atom stereocenters. The van der Waals surface area contributed by atoms with Gasteiger partial charge in [-0.15, -0.1) is 0 Å². The van der Waals surface area contributed by atoms with Crippen molar-refractivity contribution in [1.29, 1.82) is 0 Å². The van der Waals surface area contributed by atoms with E-state index in [-0.39, 0.29) is 0 Å². The Balaban J connectivity index is 2.79. The molecular weight excluding hydrogens is 212 g/mol. The van der Waals surface area contributed by atoms with Crippen molar-refractivity contribution in [1.82, 2.24) is 0 Å². The Kier molecular flexibility index (Phi) is 4.37. The van der Waals surface area contributed by atoms with Crippen LogP contribution in [-0.4, -0.2) is 12.6 Å². The SMILES string of the molecule is CCOC(=O)/C=C(/Cl)c1ccc(C)cc1. The van der Waals surface area contributed by atoms with Crippen LogP contribution in [0.5, 0.6) is 0 Å². The van der Waals surface area contributed by atoms with Gasteiger partial charge in [-0.1, -0.05) is 41.4 Å². The number of halogens is 1. The van der Waals surface area contributed by atoms with Gasteiger partial charge >= 0.3 is 5.97 Å². The maximum absolute atomic E-state index is 11.1. The van der Waals surface area contributed by atoms with Crippen LogP contribution in [0.25, 0.3) is 5.03 Å². The summed E-state index contributed by atoms with van der Waals surface area (Å²) in [7, 11) is 0. The highest BCUT2D eigenvalue weighted by Crippen LogP contribution is 2.19. The van der Waals surface area contributed by atoms with E-state index in [1.54, 1.807) is 6.92 Å². The summed E-state index contributed by atoms with van der Waals surface area (Å²) in [5.74, 6) is -0.414. The molecule has 0 aliphatic rings. The van der Waals surface area contributed by atoms with Crippen LogP contribution in [0.15, 0.2) is 30.3 Å². The van der Waals surface area contributed by atoms with E-state index in [2.05, 4.69) is 0 Å². The van der Waals surface area contributed by atoms with Crippen molar-refractivity contribution in [3.8, 4) is 0 Å². The van der Waals surface area contributed by atoms with Crippen molar-refractivity contribution in [3.63, 3.8) is 0 Å². The van der Waals surface area contributed by atoms with Gasteiger partial charge < -0.3 is 4.74 Å². The Morgan fingerprint density at radius 3 is 2.53 bits per heavy atom. The van der Waals surface area contributed by atoms with Gasteiger partial charge in [-0.2, -0.15) is 0 Å². The third-order valence-corrected chi connectivity index (χ3v) is 2.19. The highest BCUT2D eigenvalue weighted by molar-refractivity contribution is 6.50. The smallest absolute Gasteiger partial charge is 0.332 e. The summed E-state index contributed by atoms with van der Waals surface area (Å²) in [4.78, 5) is 11.1. The summed E-state index contributed by atoms with van der Waals surface area (Å²) in [5, 5.41) is 0.397. The Morgan fingerprint density at radius 2 is 2.00 bits per heavy atom. The molecule has 1 aromatic rings. The number of carbonyl (C=O) groups is 1. The first-order valence-electron chi connectivity index (χ1n) is 4.74. The quantitative estimate of drug-likeness (QED) is 0.583. The van der Waals surface area contributed by atoms with E-state index in [4.69, 9.17) is 16.3 Å². The first-order valence-corrected chi connectivity index (χ1v) is 5.12. The van der Waals surface area contributed by atoms with Gasteiger partial charge in [-0.3, -0.25) is 0 Å². The average Bonchev–Trinajstić information content (AvgIpc) is 2.18. The molecule has 2 nitrogen and oxygen atoms in total. The summed E-state index contributed by atoms with van der Waals surface area (Å²) in [6, 6.07) is 7.62. The van der Waals surface area contributed by atoms with E-state index in [1.165, 1.54) is 6.08 Å². The number of carbonyl (C=O) groups excluding carboxylic acids is 1. The van der Waals surface area contributed by atoms with Gasteiger partial charge in [0.25, 0.3) is 0 Å². The highest BCUT2D eigenvalue weighted by Gasteiger charge is 2.02. The van der Waals surface area contributed by atoms with Crippen molar-refractivity contribution >= 4 is 22.6 Å². The zero-order valence-electron chi connectivity index (χ0n) is 8.79. The molecule has 0 aliphatic heterocycles. The van der Waals surface area contributed by atoms with Crippen molar-refractivity contribution < 1.29 is 9.53 Å². The molecule has 0 atom stereocenters. The zero-order chi connectivity index (χ0) is 11.3. The van der Waals surface area contributed by atoms with Crippen LogP contribution < -0.4 is 0 Å². The minimum absolute atomic E-state index is 0.355. The number of rotatable bonds is 3. The van der Waals surface area contributed by atoms with E-state index in [1.807, 2.05) is 31.2 Å². The second-order valence-electron chi connectivity index (χ2n) is 3.11. The van der Waals surface area contributed by atoms with Crippen LogP contribution in [0.4, 0.5) is 0 Å². The normalized spacial score (nSPS) is 11.3. The number of benzene rings is 1. The predicted octanol–water partition coefficient (Wildman–Crippen LogP) is 3.14. The van der Waals surface area contributed by atoms with Gasteiger partial charge in [0, 0.05) is 6.08 Å². The Hall–Kier alpha value is -1.28. The van der Waals surface area contributed by atoms with Crippen LogP contribution in [0, 0.1) is 6.92 Å². The van der Waals surface area contributed by atoms with Gasteiger partial charge in [0.2, 0.25) is 0 Å². The lowest BCUT2D eigenvalue weighted by molar-refractivity contribution is -0.137. The van der Waals surface area contributed by atoms with Crippen molar-refractivity contribution in [2.45, 2.75) is 13.8 Å². The predicted molar refractivity (Wildman–Crippen MR) is 61.6 cm³/mol. The molecule has 0 fully saturated rings. The lowest BCUT2D eigenvalue weighted by Crippen LogP contribution is -1.99. The fourth-order valence-corrected chi connectivity index (χ4v) is 1.30. The number of hydrogen-bond donors (Lipinski definition) is 0. The van der Waals surface area contributed by atoms with E-state index >= 15 is 0 Å². The summed E-state index contributed by atoms with van der Waals surface area (Å²) in [5.41, 5.74) is 1.97. The van der Waals surface area contributed by atoms with Gasteiger partial charge in [0.1, 0.15) is 0 Å². The first kappa shape index (κ1) is 11.8. The van der Waals surface area contributed by atoms with Crippen molar-refractivity contribution in [2.75, 3.05) is 6.61 Å². The average molecular weight is 225 g/mol. The molecule has 0 saturated carbocycles. The van der Waals surface area contributed by atoms with Gasteiger partial charge in [0.15, 0.2) is 0 Å². The third-order valence-electron chi connectivity index (χ3n) is 1.86. The number of esters is 1. The van der Waals surface area contributed by atoms with E-state index in [0.717, 1.165) is 11.1 Å². The molecule has 0 radical (unpaired) electrons. The van der Waals surface area contributed by atoms with Crippen LogP contribution in [-0.2, 0) is 9.53 Å². The second kappa shape index (κ2) is 5.56. The molecular formula is C12H13ClO2. The maximum Gasteiger partial charge on any atom is 0.332 e. The molecule has 15 heavy (non-hydrogen) atoms. The fourth-order valence-electron chi connectivity index (χ4n) is 1.08. The Labute approximate surface area is 94.5 Å². The molecule has 0 N–H and O–H groups in total. The van der Waals surface area contributed by atoms with Crippen LogP contribution in [0.3, 0.4) is 0 Å². The lowest BCUT2D eigenvalue weighted by Gasteiger charge is -2.00. The molecule has 0 heterocycles. The monoisotopic (exact) mass is 224 g/mol. The minimum Gasteiger partial charge on any atom is -0.463 e. The first-order chi connectivity index (χ1) is 7.13. The molecule has 0 saturated heterocycles. The molecule has 0 aliphatic carbocycles. The molecule has 1 rings (SSSR count). The largest absolute Gasteiger partial charge is 0.463 e. The Bertz CT molecular complexity index is 366. The molecule has 80 valence electrons. The van der Waals surface area contributed by atoms with E-state index in [0.29, 0.717) is 11.6 Å². The summed E-state index contributed by atoms with van der Waals surface area (Å²) in [6.45, 7) is 4.10. The summed E-state index contributed by atoms with van der Waals surface area (Å²) >= 11 is 5.95. The van der Waals surface area contributed by atoms with Crippen LogP contribution >= 0.6 is 11.6 Å². The Morgan fingerprint density at radius 1 is 1.40 bits per heavy atom.